The molecule has 1 fully saturated rings. The van der Waals surface area contributed by atoms with Crippen molar-refractivity contribution < 1.29 is 0 Å². The van der Waals surface area contributed by atoms with Crippen LogP contribution in [-0.2, 0) is 0 Å². The predicted octanol–water partition coefficient (Wildman–Crippen LogP) is 1.37. The maximum absolute atomic E-state index is 5.75. The van der Waals surface area contributed by atoms with Crippen LogP contribution in [0.3, 0.4) is 0 Å². The molecule has 0 radical (unpaired) electrons. The van der Waals surface area contributed by atoms with E-state index in [4.69, 9.17) is 5.73 Å². The first-order chi connectivity index (χ1) is 9.20. The fraction of sp³-hybridized carbons (Fsp3) is 0.500. The van der Waals surface area contributed by atoms with Gasteiger partial charge >= 0.3 is 0 Å². The van der Waals surface area contributed by atoms with Crippen molar-refractivity contribution in [1.29, 1.82) is 0 Å². The molecule has 0 unspecified atom stereocenters. The molecule has 2 aromatic rings. The third-order valence-electron chi connectivity index (χ3n) is 2.70. The average molecular weight is 295 g/mol. The van der Waals surface area contributed by atoms with Crippen molar-refractivity contribution >= 4 is 35.2 Å². The molecule has 2 aromatic heterocycles. The molecule has 100 valence electrons. The maximum Gasteiger partial charge on any atom is 0.231 e. The second-order valence-electron chi connectivity index (χ2n) is 4.18. The van der Waals surface area contributed by atoms with Crippen molar-refractivity contribution in [2.45, 2.75) is 29.3 Å². The molecule has 9 heteroatoms. The average Bonchev–Trinajstić information content (AvgIpc) is 3.00. The summed E-state index contributed by atoms with van der Waals surface area (Å²) in [6, 6.07) is 0. The van der Waals surface area contributed by atoms with Gasteiger partial charge in [-0.05, 0) is 43.1 Å². The zero-order valence-electron chi connectivity index (χ0n) is 10.4. The van der Waals surface area contributed by atoms with Crippen molar-refractivity contribution in [2.75, 3.05) is 23.7 Å². The molecule has 1 aliphatic rings. The van der Waals surface area contributed by atoms with Crippen LogP contribution in [0.2, 0.25) is 0 Å². The van der Waals surface area contributed by atoms with Crippen LogP contribution in [0.25, 0.3) is 0 Å². The van der Waals surface area contributed by atoms with Gasteiger partial charge in [0.05, 0.1) is 0 Å². The van der Waals surface area contributed by atoms with Crippen molar-refractivity contribution in [1.82, 2.24) is 24.3 Å². The summed E-state index contributed by atoms with van der Waals surface area (Å²) in [6.45, 7) is 3.81. The monoisotopic (exact) mass is 295 g/mol. The van der Waals surface area contributed by atoms with E-state index in [-0.39, 0.29) is 5.95 Å². The summed E-state index contributed by atoms with van der Waals surface area (Å²) >= 11 is 2.71. The van der Waals surface area contributed by atoms with Gasteiger partial charge in [-0.3, -0.25) is 0 Å². The Hall–Kier alpha value is -1.48. The highest BCUT2D eigenvalue weighted by Crippen LogP contribution is 2.28. The molecular weight excluding hydrogens is 282 g/mol. The molecule has 0 aromatic carbocycles. The molecule has 1 saturated heterocycles. The van der Waals surface area contributed by atoms with E-state index in [9.17, 15) is 0 Å². The Labute approximate surface area is 118 Å². The van der Waals surface area contributed by atoms with Crippen LogP contribution in [0.15, 0.2) is 9.50 Å². The number of hydrogen-bond acceptors (Lipinski definition) is 9. The summed E-state index contributed by atoms with van der Waals surface area (Å²) in [5, 5.41) is 0.575. The Morgan fingerprint density at radius 3 is 2.63 bits per heavy atom. The van der Waals surface area contributed by atoms with E-state index < -0.39 is 0 Å². The number of nitrogen functional groups attached to an aromatic ring is 1. The van der Waals surface area contributed by atoms with Crippen LogP contribution < -0.4 is 10.6 Å². The zero-order valence-corrected chi connectivity index (χ0v) is 12.0. The van der Waals surface area contributed by atoms with Crippen molar-refractivity contribution in [3.63, 3.8) is 0 Å². The van der Waals surface area contributed by atoms with Crippen molar-refractivity contribution in [3.8, 4) is 0 Å². The number of anilines is 2. The van der Waals surface area contributed by atoms with Crippen LogP contribution >= 0.6 is 23.3 Å². The number of nitrogens with two attached hydrogens (primary N) is 1. The SMILES string of the molecule is Cc1nsc(Sc2nc(N)nc(N3CCCC3)n2)n1. The van der Waals surface area contributed by atoms with E-state index in [1.54, 1.807) is 0 Å². The van der Waals surface area contributed by atoms with Gasteiger partial charge in [0.2, 0.25) is 17.1 Å². The first-order valence-electron chi connectivity index (χ1n) is 5.95. The van der Waals surface area contributed by atoms with E-state index in [1.165, 1.54) is 36.1 Å². The lowest BCUT2D eigenvalue weighted by molar-refractivity contribution is 0.833. The molecular formula is C10H13N7S2. The lowest BCUT2D eigenvalue weighted by Crippen LogP contribution is -2.21. The second kappa shape index (κ2) is 5.25. The highest BCUT2D eigenvalue weighted by atomic mass is 32.2. The van der Waals surface area contributed by atoms with Crippen LogP contribution in [-0.4, -0.2) is 37.4 Å². The summed E-state index contributed by atoms with van der Waals surface area (Å²) < 4.78 is 4.95. The van der Waals surface area contributed by atoms with Gasteiger partial charge in [-0.25, -0.2) is 4.98 Å². The molecule has 0 amide bonds. The minimum absolute atomic E-state index is 0.251. The Morgan fingerprint density at radius 1 is 1.16 bits per heavy atom. The number of rotatable bonds is 3. The molecule has 1 aliphatic heterocycles. The van der Waals surface area contributed by atoms with Gasteiger partial charge in [0.1, 0.15) is 5.82 Å². The Bertz CT molecular complexity index is 579. The van der Waals surface area contributed by atoms with E-state index in [2.05, 4.69) is 29.2 Å². The molecule has 0 saturated carbocycles. The van der Waals surface area contributed by atoms with Gasteiger partial charge in [-0.15, -0.1) is 0 Å². The molecule has 0 spiro atoms. The first-order valence-corrected chi connectivity index (χ1v) is 7.54. The van der Waals surface area contributed by atoms with Gasteiger partial charge in [0, 0.05) is 13.1 Å². The van der Waals surface area contributed by atoms with E-state index in [0.717, 1.165) is 23.3 Å². The van der Waals surface area contributed by atoms with Gasteiger partial charge < -0.3 is 10.6 Å². The molecule has 0 aliphatic carbocycles. The van der Waals surface area contributed by atoms with E-state index >= 15 is 0 Å². The number of nitrogens with zero attached hydrogens (tertiary/aromatic N) is 6. The smallest absolute Gasteiger partial charge is 0.231 e. The Kier molecular flexibility index (Phi) is 3.47. The van der Waals surface area contributed by atoms with Crippen LogP contribution in [0.5, 0.6) is 0 Å². The summed E-state index contributed by atoms with van der Waals surface area (Å²) in [5.74, 6) is 1.67. The topological polar surface area (TPSA) is 93.7 Å². The summed E-state index contributed by atoms with van der Waals surface area (Å²) in [5.41, 5.74) is 5.75. The van der Waals surface area contributed by atoms with Gasteiger partial charge in [0.25, 0.3) is 0 Å². The highest BCUT2D eigenvalue weighted by Gasteiger charge is 2.17. The van der Waals surface area contributed by atoms with E-state index in [1.807, 2.05) is 6.92 Å². The first kappa shape index (κ1) is 12.5. The minimum Gasteiger partial charge on any atom is -0.368 e. The zero-order chi connectivity index (χ0) is 13.2. The Balaban J connectivity index is 1.84. The van der Waals surface area contributed by atoms with Crippen LogP contribution in [0.1, 0.15) is 18.7 Å². The fourth-order valence-corrected chi connectivity index (χ4v) is 3.37. The summed E-state index contributed by atoms with van der Waals surface area (Å²) in [6.07, 6.45) is 2.34. The van der Waals surface area contributed by atoms with Gasteiger partial charge in [0.15, 0.2) is 4.34 Å². The second-order valence-corrected chi connectivity index (χ2v) is 6.15. The molecule has 19 heavy (non-hydrogen) atoms. The van der Waals surface area contributed by atoms with Gasteiger partial charge in [-0.1, -0.05) is 0 Å². The maximum atomic E-state index is 5.75. The van der Waals surface area contributed by atoms with E-state index in [0.29, 0.717) is 11.1 Å². The summed E-state index contributed by atoms with van der Waals surface area (Å²) in [4.78, 5) is 19.2. The molecule has 0 atom stereocenters. The molecule has 0 bridgehead atoms. The van der Waals surface area contributed by atoms with Crippen molar-refractivity contribution in [2.24, 2.45) is 0 Å². The quantitative estimate of drug-likeness (QED) is 0.907. The third kappa shape index (κ3) is 2.92. The van der Waals surface area contributed by atoms with Crippen LogP contribution in [0, 0.1) is 6.92 Å². The molecule has 3 rings (SSSR count). The predicted molar refractivity (Wildman–Crippen MR) is 74.5 cm³/mol. The summed E-state index contributed by atoms with van der Waals surface area (Å²) in [7, 11) is 0. The normalized spacial score (nSPS) is 15.1. The lowest BCUT2D eigenvalue weighted by Gasteiger charge is -2.15. The lowest BCUT2D eigenvalue weighted by atomic mass is 10.4. The fourth-order valence-electron chi connectivity index (χ4n) is 1.86. The molecule has 2 N–H and O–H groups in total. The largest absolute Gasteiger partial charge is 0.368 e. The number of aromatic nitrogens is 5. The third-order valence-corrected chi connectivity index (χ3v) is 4.40. The highest BCUT2D eigenvalue weighted by molar-refractivity contribution is 8.00. The van der Waals surface area contributed by atoms with Gasteiger partial charge in [-0.2, -0.15) is 19.3 Å². The number of hydrogen-bond donors (Lipinski definition) is 1. The van der Waals surface area contributed by atoms with Crippen LogP contribution in [0.4, 0.5) is 11.9 Å². The van der Waals surface area contributed by atoms with Crippen molar-refractivity contribution in [3.05, 3.63) is 5.82 Å². The Morgan fingerprint density at radius 2 is 1.95 bits per heavy atom. The standard InChI is InChI=1S/C10H13N7S2/c1-6-12-10(19-16-6)18-9-14-7(11)13-8(15-9)17-4-2-3-5-17/h2-5H2,1H3,(H2,11,13,14,15). The number of aryl methyl sites for hydroxylation is 1. The molecule has 7 nitrogen and oxygen atoms in total. The minimum atomic E-state index is 0.251. The molecule has 3 heterocycles.